The van der Waals surface area contributed by atoms with Crippen molar-refractivity contribution in [3.8, 4) is 11.1 Å². The molecule has 5 rings (SSSR count). The Morgan fingerprint density at radius 2 is 1.91 bits per heavy atom. The van der Waals surface area contributed by atoms with Crippen LogP contribution in [0.25, 0.3) is 16.8 Å². The summed E-state index contributed by atoms with van der Waals surface area (Å²) >= 11 is 6.13. The molecule has 1 saturated heterocycles. The standard InChI is InChI=1S/C26H28ClN7O/c1-2-28-20-10-12-33(13-11-20)24-9-4-3-8-23(24)32-26(35)31-21-15-29-25-22(16-30-34(25)17-21)18-6-5-7-19(27)14-18/h3-9,14-17,20,28H,2,10-13H2,1H3,(H2,31,32,35). The van der Waals surface area contributed by atoms with Gasteiger partial charge in [-0.2, -0.15) is 5.10 Å². The third-order valence-corrected chi connectivity index (χ3v) is 6.47. The van der Waals surface area contributed by atoms with Crippen molar-refractivity contribution in [3.63, 3.8) is 0 Å². The van der Waals surface area contributed by atoms with E-state index < -0.39 is 0 Å². The normalized spacial score (nSPS) is 14.3. The number of benzene rings is 2. The Morgan fingerprint density at radius 1 is 1.09 bits per heavy atom. The highest BCUT2D eigenvalue weighted by Gasteiger charge is 2.21. The van der Waals surface area contributed by atoms with Gasteiger partial charge in [0.05, 0.1) is 35.7 Å². The molecule has 35 heavy (non-hydrogen) atoms. The van der Waals surface area contributed by atoms with Gasteiger partial charge in [-0.15, -0.1) is 0 Å². The number of carbonyl (C=O) groups is 1. The van der Waals surface area contributed by atoms with Gasteiger partial charge in [-0.25, -0.2) is 14.3 Å². The number of hydrogen-bond acceptors (Lipinski definition) is 5. The molecular weight excluding hydrogens is 462 g/mol. The zero-order valence-electron chi connectivity index (χ0n) is 19.5. The summed E-state index contributed by atoms with van der Waals surface area (Å²) in [5.41, 5.74) is 4.84. The minimum Gasteiger partial charge on any atom is -0.370 e. The van der Waals surface area contributed by atoms with E-state index in [9.17, 15) is 4.79 Å². The Balaban J connectivity index is 1.27. The number of halogens is 1. The molecule has 0 radical (unpaired) electrons. The van der Waals surface area contributed by atoms with Crippen LogP contribution in [0, 0.1) is 0 Å². The average Bonchev–Trinajstić information content (AvgIpc) is 3.28. The zero-order valence-corrected chi connectivity index (χ0v) is 20.3. The SMILES string of the molecule is CCNC1CCN(c2ccccc2NC(=O)Nc2cnc3c(-c4cccc(Cl)c4)cnn3c2)CC1. The number of nitrogens with one attached hydrogen (secondary N) is 3. The molecule has 0 atom stereocenters. The summed E-state index contributed by atoms with van der Waals surface area (Å²) in [6, 6.07) is 15.7. The van der Waals surface area contributed by atoms with E-state index in [0.29, 0.717) is 22.4 Å². The van der Waals surface area contributed by atoms with Crippen molar-refractivity contribution in [2.75, 3.05) is 35.2 Å². The summed E-state index contributed by atoms with van der Waals surface area (Å²) in [7, 11) is 0. The number of aromatic nitrogens is 3. The number of anilines is 3. The predicted molar refractivity (Wildman–Crippen MR) is 141 cm³/mol. The molecule has 3 N–H and O–H groups in total. The molecule has 4 aromatic rings. The van der Waals surface area contributed by atoms with Gasteiger partial charge in [0.1, 0.15) is 0 Å². The molecule has 2 aromatic carbocycles. The second-order valence-electron chi connectivity index (χ2n) is 8.59. The Hall–Kier alpha value is -3.62. The van der Waals surface area contributed by atoms with Gasteiger partial charge < -0.3 is 20.9 Å². The summed E-state index contributed by atoms with van der Waals surface area (Å²) < 4.78 is 1.65. The van der Waals surface area contributed by atoms with Crippen molar-refractivity contribution in [1.82, 2.24) is 19.9 Å². The van der Waals surface area contributed by atoms with Gasteiger partial charge >= 0.3 is 6.03 Å². The first-order chi connectivity index (χ1) is 17.1. The smallest absolute Gasteiger partial charge is 0.323 e. The molecule has 0 aliphatic carbocycles. The van der Waals surface area contributed by atoms with Crippen LogP contribution in [0.1, 0.15) is 19.8 Å². The van der Waals surface area contributed by atoms with Gasteiger partial charge in [0.2, 0.25) is 0 Å². The summed E-state index contributed by atoms with van der Waals surface area (Å²) in [4.78, 5) is 19.7. The number of para-hydroxylation sites is 2. The molecule has 0 saturated carbocycles. The molecule has 1 fully saturated rings. The van der Waals surface area contributed by atoms with E-state index >= 15 is 0 Å². The fourth-order valence-electron chi connectivity index (χ4n) is 4.55. The number of urea groups is 1. The number of piperidine rings is 1. The Bertz CT molecular complexity index is 1330. The molecular formula is C26H28ClN7O. The first kappa shape index (κ1) is 23.1. The lowest BCUT2D eigenvalue weighted by Gasteiger charge is -2.35. The molecule has 0 bridgehead atoms. The Kier molecular flexibility index (Phi) is 6.83. The second-order valence-corrected chi connectivity index (χ2v) is 9.03. The Morgan fingerprint density at radius 3 is 2.71 bits per heavy atom. The first-order valence-electron chi connectivity index (χ1n) is 11.9. The zero-order chi connectivity index (χ0) is 24.2. The van der Waals surface area contributed by atoms with Crippen LogP contribution in [0.2, 0.25) is 5.02 Å². The van der Waals surface area contributed by atoms with Crippen LogP contribution in [0.5, 0.6) is 0 Å². The summed E-state index contributed by atoms with van der Waals surface area (Å²) in [5, 5.41) is 14.5. The molecule has 1 aliphatic rings. The van der Waals surface area contributed by atoms with E-state index in [1.165, 1.54) is 0 Å². The van der Waals surface area contributed by atoms with Crippen LogP contribution >= 0.6 is 11.6 Å². The molecule has 180 valence electrons. The highest BCUT2D eigenvalue weighted by atomic mass is 35.5. The average molecular weight is 490 g/mol. The van der Waals surface area contributed by atoms with E-state index in [2.05, 4.69) is 43.9 Å². The van der Waals surface area contributed by atoms with Gasteiger partial charge in [0.15, 0.2) is 5.65 Å². The van der Waals surface area contributed by atoms with E-state index in [-0.39, 0.29) is 6.03 Å². The fraction of sp³-hybridized carbons (Fsp3) is 0.269. The highest BCUT2D eigenvalue weighted by Crippen LogP contribution is 2.29. The van der Waals surface area contributed by atoms with Crippen molar-refractivity contribution >= 4 is 40.3 Å². The highest BCUT2D eigenvalue weighted by molar-refractivity contribution is 6.30. The maximum atomic E-state index is 12.8. The number of carbonyl (C=O) groups excluding carboxylic acids is 1. The van der Waals surface area contributed by atoms with Crippen molar-refractivity contribution in [2.24, 2.45) is 0 Å². The molecule has 0 spiro atoms. The topological polar surface area (TPSA) is 86.6 Å². The van der Waals surface area contributed by atoms with Crippen molar-refractivity contribution < 1.29 is 4.79 Å². The first-order valence-corrected chi connectivity index (χ1v) is 12.2. The number of amides is 2. The van der Waals surface area contributed by atoms with Gasteiger partial charge in [0, 0.05) is 29.7 Å². The maximum Gasteiger partial charge on any atom is 0.323 e. The van der Waals surface area contributed by atoms with Crippen LogP contribution in [0.4, 0.5) is 21.9 Å². The largest absolute Gasteiger partial charge is 0.370 e. The lowest BCUT2D eigenvalue weighted by molar-refractivity contribution is 0.262. The van der Waals surface area contributed by atoms with E-state index in [1.54, 1.807) is 23.1 Å². The summed E-state index contributed by atoms with van der Waals surface area (Å²) in [6.45, 7) is 5.03. The van der Waals surface area contributed by atoms with Gasteiger partial charge in [-0.05, 0) is 49.2 Å². The monoisotopic (exact) mass is 489 g/mol. The van der Waals surface area contributed by atoms with Crippen molar-refractivity contribution in [3.05, 3.63) is 72.1 Å². The lowest BCUT2D eigenvalue weighted by Crippen LogP contribution is -2.42. The van der Waals surface area contributed by atoms with Crippen LogP contribution in [0.15, 0.2) is 67.1 Å². The third kappa shape index (κ3) is 5.23. The summed E-state index contributed by atoms with van der Waals surface area (Å²) in [6.07, 6.45) is 7.28. The fourth-order valence-corrected chi connectivity index (χ4v) is 4.74. The Labute approximate surface area is 209 Å². The molecule has 0 unspecified atom stereocenters. The molecule has 2 aromatic heterocycles. The number of hydrogen-bond donors (Lipinski definition) is 3. The van der Waals surface area contributed by atoms with Crippen molar-refractivity contribution in [2.45, 2.75) is 25.8 Å². The second kappa shape index (κ2) is 10.3. The van der Waals surface area contributed by atoms with Crippen molar-refractivity contribution in [1.29, 1.82) is 0 Å². The van der Waals surface area contributed by atoms with Gasteiger partial charge in [-0.3, -0.25) is 0 Å². The van der Waals surface area contributed by atoms with Crippen LogP contribution in [-0.4, -0.2) is 46.3 Å². The van der Waals surface area contributed by atoms with Crippen LogP contribution in [-0.2, 0) is 0 Å². The molecule has 1 aliphatic heterocycles. The quantitative estimate of drug-likeness (QED) is 0.343. The minimum absolute atomic E-state index is 0.330. The predicted octanol–water partition coefficient (Wildman–Crippen LogP) is 5.27. The maximum absolute atomic E-state index is 12.8. The summed E-state index contributed by atoms with van der Waals surface area (Å²) in [5.74, 6) is 0. The number of fused-ring (bicyclic) bond motifs is 1. The van der Waals surface area contributed by atoms with E-state index in [1.807, 2.05) is 42.5 Å². The van der Waals surface area contributed by atoms with Crippen LogP contribution < -0.4 is 20.9 Å². The molecule has 2 amide bonds. The van der Waals surface area contributed by atoms with E-state index in [0.717, 1.165) is 55.0 Å². The van der Waals surface area contributed by atoms with Gasteiger partial charge in [-0.1, -0.05) is 42.8 Å². The third-order valence-electron chi connectivity index (χ3n) is 6.23. The molecule has 9 heteroatoms. The van der Waals surface area contributed by atoms with Crippen LogP contribution in [0.3, 0.4) is 0 Å². The molecule has 8 nitrogen and oxygen atoms in total. The lowest BCUT2D eigenvalue weighted by atomic mass is 10.0. The van der Waals surface area contributed by atoms with E-state index in [4.69, 9.17) is 11.6 Å². The van der Waals surface area contributed by atoms with Gasteiger partial charge in [0.25, 0.3) is 0 Å². The molecule has 3 heterocycles. The number of rotatable bonds is 6. The minimum atomic E-state index is -0.330. The number of nitrogens with zero attached hydrogens (tertiary/aromatic N) is 4.